The first kappa shape index (κ1) is 20.8. The molecule has 0 aromatic carbocycles. The molecule has 0 saturated carbocycles. The second kappa shape index (κ2) is 8.21. The van der Waals surface area contributed by atoms with Gasteiger partial charge in [0.1, 0.15) is 24.4 Å². The molecule has 3 rings (SSSR count). The van der Waals surface area contributed by atoms with Gasteiger partial charge in [0.05, 0.1) is 6.10 Å². The highest BCUT2D eigenvalue weighted by Crippen LogP contribution is 2.48. The number of aliphatic hydroxyl groups excluding tert-OH is 1. The van der Waals surface area contributed by atoms with Crippen LogP contribution in [0.2, 0.25) is 0 Å². The number of rotatable bonds is 2. The predicted molar refractivity (Wildman–Crippen MR) is 103 cm³/mol. The van der Waals surface area contributed by atoms with Gasteiger partial charge in [-0.1, -0.05) is 24.3 Å². The van der Waals surface area contributed by atoms with Crippen molar-refractivity contribution in [1.82, 2.24) is 0 Å². The molecule has 1 N–H and O–H groups in total. The number of ether oxygens (including phenoxy) is 3. The number of allylic oxidation sites excluding steroid dienone is 3. The fourth-order valence-electron chi connectivity index (χ4n) is 4.15. The van der Waals surface area contributed by atoms with E-state index in [1.165, 1.54) is 12.5 Å². The number of esters is 2. The van der Waals surface area contributed by atoms with E-state index in [2.05, 4.69) is 19.6 Å². The van der Waals surface area contributed by atoms with E-state index in [1.807, 2.05) is 13.0 Å². The maximum absolute atomic E-state index is 12.1. The Bertz CT molecular complexity index is 721. The zero-order chi connectivity index (χ0) is 20.5. The predicted octanol–water partition coefficient (Wildman–Crippen LogP) is 3.00. The fourth-order valence-corrected chi connectivity index (χ4v) is 4.15. The minimum Gasteiger partial charge on any atom is -0.463 e. The van der Waals surface area contributed by atoms with Crippen LogP contribution in [0.5, 0.6) is 0 Å². The van der Waals surface area contributed by atoms with Gasteiger partial charge in [-0.05, 0) is 51.5 Å². The summed E-state index contributed by atoms with van der Waals surface area (Å²) in [6, 6.07) is 0. The van der Waals surface area contributed by atoms with Crippen LogP contribution < -0.4 is 0 Å². The van der Waals surface area contributed by atoms with Gasteiger partial charge >= 0.3 is 11.9 Å². The van der Waals surface area contributed by atoms with Gasteiger partial charge in [-0.15, -0.1) is 0 Å². The summed E-state index contributed by atoms with van der Waals surface area (Å²) >= 11 is 0. The van der Waals surface area contributed by atoms with E-state index in [0.29, 0.717) is 12.0 Å². The number of hydrogen-bond donors (Lipinski definition) is 1. The first-order valence-corrected chi connectivity index (χ1v) is 9.95. The third kappa shape index (κ3) is 4.39. The van der Waals surface area contributed by atoms with E-state index in [0.717, 1.165) is 31.3 Å². The summed E-state index contributed by atoms with van der Waals surface area (Å²) in [7, 11) is 0. The highest BCUT2D eigenvalue weighted by atomic mass is 16.6. The van der Waals surface area contributed by atoms with Crippen molar-refractivity contribution < 1.29 is 28.9 Å². The van der Waals surface area contributed by atoms with Crippen LogP contribution in [0.3, 0.4) is 0 Å². The lowest BCUT2D eigenvalue weighted by Gasteiger charge is -2.24. The minimum absolute atomic E-state index is 0.168. The second-order valence-electron chi connectivity index (χ2n) is 8.21. The molecule has 0 aromatic heterocycles. The maximum atomic E-state index is 12.1. The van der Waals surface area contributed by atoms with Crippen molar-refractivity contribution in [2.45, 2.75) is 76.8 Å². The topological polar surface area (TPSA) is 85.4 Å². The van der Waals surface area contributed by atoms with Crippen LogP contribution in [0.15, 0.2) is 35.5 Å². The Morgan fingerprint density at radius 2 is 2.11 bits per heavy atom. The summed E-state index contributed by atoms with van der Waals surface area (Å²) in [6.07, 6.45) is 6.29. The molecule has 0 spiro atoms. The van der Waals surface area contributed by atoms with E-state index >= 15 is 0 Å². The highest BCUT2D eigenvalue weighted by Gasteiger charge is 2.59. The van der Waals surface area contributed by atoms with Crippen molar-refractivity contribution >= 4 is 11.9 Å². The van der Waals surface area contributed by atoms with Gasteiger partial charge in [-0.3, -0.25) is 4.79 Å². The number of aliphatic hydroxyl groups is 1. The number of carbonyl (C=O) groups excluding carboxylic acids is 2. The molecule has 0 unspecified atom stereocenters. The van der Waals surface area contributed by atoms with Crippen LogP contribution in [0.25, 0.3) is 0 Å². The number of epoxide rings is 1. The van der Waals surface area contributed by atoms with E-state index < -0.39 is 23.8 Å². The number of hydrogen-bond acceptors (Lipinski definition) is 6. The van der Waals surface area contributed by atoms with Crippen LogP contribution in [0.1, 0.15) is 52.9 Å². The number of carbonyl (C=O) groups is 2. The van der Waals surface area contributed by atoms with E-state index in [-0.39, 0.29) is 24.6 Å². The molecule has 5 atom stereocenters. The molecule has 0 bridgehead atoms. The molecule has 0 aromatic rings. The molecule has 0 radical (unpaired) electrons. The Morgan fingerprint density at radius 1 is 1.36 bits per heavy atom. The Labute approximate surface area is 166 Å². The Hall–Kier alpha value is -1.92. The van der Waals surface area contributed by atoms with Crippen LogP contribution in [0.4, 0.5) is 0 Å². The summed E-state index contributed by atoms with van der Waals surface area (Å²) < 4.78 is 16.7. The zero-order valence-electron chi connectivity index (χ0n) is 16.9. The lowest BCUT2D eigenvalue weighted by molar-refractivity contribution is -0.143. The molecule has 0 amide bonds. The molecule has 6 nitrogen and oxygen atoms in total. The van der Waals surface area contributed by atoms with Crippen molar-refractivity contribution in [3.8, 4) is 0 Å². The largest absolute Gasteiger partial charge is 0.463 e. The molecule has 6 heteroatoms. The summed E-state index contributed by atoms with van der Waals surface area (Å²) in [5, 5.41) is 10.8. The fraction of sp³-hybridized carbons (Fsp3) is 0.636. The summed E-state index contributed by atoms with van der Waals surface area (Å²) in [4.78, 5) is 23.4. The van der Waals surface area contributed by atoms with Crippen molar-refractivity contribution in [1.29, 1.82) is 0 Å². The van der Waals surface area contributed by atoms with Gasteiger partial charge < -0.3 is 19.3 Å². The summed E-state index contributed by atoms with van der Waals surface area (Å²) in [6.45, 7) is 9.42. The van der Waals surface area contributed by atoms with E-state index in [9.17, 15) is 14.7 Å². The average molecular weight is 390 g/mol. The zero-order valence-corrected chi connectivity index (χ0v) is 16.9. The molecule has 3 aliphatic rings. The second-order valence-corrected chi connectivity index (χ2v) is 8.21. The Morgan fingerprint density at radius 3 is 2.82 bits per heavy atom. The van der Waals surface area contributed by atoms with E-state index in [1.54, 1.807) is 0 Å². The normalized spacial score (nSPS) is 40.0. The SMILES string of the molecule is C=C1C(=O)O[C@@H]2[C@@H]1C[C@H]1O[C@]1(COC(C)=O)CC/C=C(/C)CC/C=C(\C)[C@@H]2O. The molecule has 2 saturated heterocycles. The van der Waals surface area contributed by atoms with Crippen molar-refractivity contribution in [2.75, 3.05) is 6.61 Å². The average Bonchev–Trinajstić information content (AvgIpc) is 3.25. The third-order valence-electron chi connectivity index (χ3n) is 6.09. The van der Waals surface area contributed by atoms with Crippen LogP contribution in [0, 0.1) is 5.92 Å². The summed E-state index contributed by atoms with van der Waals surface area (Å²) in [5.74, 6) is -1.13. The van der Waals surface area contributed by atoms with Crippen molar-refractivity contribution in [2.24, 2.45) is 5.92 Å². The van der Waals surface area contributed by atoms with Gasteiger partial charge in [0, 0.05) is 18.4 Å². The van der Waals surface area contributed by atoms with Crippen molar-refractivity contribution in [3.63, 3.8) is 0 Å². The number of fused-ring (bicyclic) bond motifs is 2. The Balaban J connectivity index is 1.85. The van der Waals surface area contributed by atoms with Crippen LogP contribution in [-0.2, 0) is 23.8 Å². The molecular formula is C22H30O6. The van der Waals surface area contributed by atoms with Crippen LogP contribution >= 0.6 is 0 Å². The molecule has 2 aliphatic heterocycles. The van der Waals surface area contributed by atoms with Gasteiger partial charge in [-0.25, -0.2) is 4.79 Å². The monoisotopic (exact) mass is 390 g/mol. The standard InChI is InChI=1S/C22H30O6/c1-13-7-5-9-14(2)19(24)20-17(15(3)21(25)27-20)11-18-22(28-18,10-6-8-13)12-26-16(4)23/h8-9,17-20,24H,3,5-7,10-12H2,1-2,4H3/b13-8-,14-9+/t17-,18-,19+,20-,22+/m1/s1. The highest BCUT2D eigenvalue weighted by molar-refractivity contribution is 5.91. The lowest BCUT2D eigenvalue weighted by Crippen LogP contribution is -2.34. The first-order valence-electron chi connectivity index (χ1n) is 9.95. The van der Waals surface area contributed by atoms with Gasteiger partial charge in [0.15, 0.2) is 0 Å². The molecule has 154 valence electrons. The smallest absolute Gasteiger partial charge is 0.334 e. The molecule has 2 fully saturated rings. The third-order valence-corrected chi connectivity index (χ3v) is 6.09. The minimum atomic E-state index is -0.873. The molecule has 1 aliphatic carbocycles. The van der Waals surface area contributed by atoms with E-state index in [4.69, 9.17) is 14.2 Å². The van der Waals surface area contributed by atoms with Gasteiger partial charge in [0.2, 0.25) is 0 Å². The van der Waals surface area contributed by atoms with Crippen molar-refractivity contribution in [3.05, 3.63) is 35.5 Å². The maximum Gasteiger partial charge on any atom is 0.334 e. The molecule has 28 heavy (non-hydrogen) atoms. The quantitative estimate of drug-likeness (QED) is 0.338. The lowest BCUT2D eigenvalue weighted by atomic mass is 9.84. The van der Waals surface area contributed by atoms with Crippen LogP contribution in [-0.4, -0.2) is 47.6 Å². The first-order chi connectivity index (χ1) is 13.2. The Kier molecular flexibility index (Phi) is 6.10. The van der Waals surface area contributed by atoms with Gasteiger partial charge in [0.25, 0.3) is 0 Å². The molecule has 2 heterocycles. The summed E-state index contributed by atoms with van der Waals surface area (Å²) in [5.41, 5.74) is 1.90. The molecular weight excluding hydrogens is 360 g/mol. The van der Waals surface area contributed by atoms with Gasteiger partial charge in [-0.2, -0.15) is 0 Å².